The molecule has 5 N–H and O–H groups in total. The molecule has 0 aliphatic heterocycles. The van der Waals surface area contributed by atoms with E-state index in [1.165, 1.54) is 0 Å². The van der Waals surface area contributed by atoms with Crippen LogP contribution < -0.4 is 0 Å². The van der Waals surface area contributed by atoms with Gasteiger partial charge in [-0.15, -0.1) is 0 Å². The molecule has 6 nitrogen and oxygen atoms in total. The largest absolute Gasteiger partial charge is 0.507 e. The van der Waals surface area contributed by atoms with Crippen molar-refractivity contribution in [1.82, 2.24) is 0 Å². The van der Waals surface area contributed by atoms with Crippen LogP contribution in [0, 0.1) is 5.92 Å². The third-order valence-corrected chi connectivity index (χ3v) is 7.84. The molecular formula is C41H68O6. The van der Waals surface area contributed by atoms with Gasteiger partial charge < -0.3 is 25.5 Å². The zero-order valence-corrected chi connectivity index (χ0v) is 32.4. The summed E-state index contributed by atoms with van der Waals surface area (Å²) < 4.78 is 0. The second kappa shape index (κ2) is 17.5. The Bertz CT molecular complexity index is 1240. The Kier molecular flexibility index (Phi) is 16.5. The minimum Gasteiger partial charge on any atom is -0.507 e. The highest BCUT2D eigenvalue weighted by Gasteiger charge is 2.28. The van der Waals surface area contributed by atoms with Gasteiger partial charge in [0.15, 0.2) is 0 Å². The van der Waals surface area contributed by atoms with Crippen molar-refractivity contribution in [3.63, 3.8) is 0 Å². The van der Waals surface area contributed by atoms with Crippen LogP contribution in [0.25, 0.3) is 0 Å². The summed E-state index contributed by atoms with van der Waals surface area (Å²) in [7, 11) is 0. The molecular weight excluding hydrogens is 588 g/mol. The maximum absolute atomic E-state index is 10.8. The molecule has 1 unspecified atom stereocenters. The molecule has 47 heavy (non-hydrogen) atoms. The highest BCUT2D eigenvalue weighted by molar-refractivity contribution is 5.67. The fourth-order valence-corrected chi connectivity index (χ4v) is 4.77. The molecule has 0 fully saturated rings. The van der Waals surface area contributed by atoms with Gasteiger partial charge in [-0.25, -0.2) is 0 Å². The standard InChI is InChI=1S/C20H32O2.C17H26O3.C4H10O/c1-13(2)17(21)10-9-14-11-15(19(3,4)5)18(22)16(12-14)20(6,7)8;1-16(2,3)12-9-11(7-8-14(18)19)10-13(15(12)20)17(4,5)6;1-4(2)3-5/h11-12,17,21-22H,1,9-10H2,2-8H3;9-10,20H,7-8H2,1-6H3,(H,18,19);4-5H,3H2,1-2H3. The van der Waals surface area contributed by atoms with E-state index in [9.17, 15) is 20.1 Å². The number of aliphatic hydroxyl groups excluding tert-OH is 2. The second-order valence-electron chi connectivity index (χ2n) is 17.5. The number of phenolic OH excluding ortho intramolecular Hbond substituents is 2. The number of carboxylic acids is 1. The van der Waals surface area contributed by atoms with Crippen molar-refractivity contribution < 1.29 is 30.3 Å². The van der Waals surface area contributed by atoms with Gasteiger partial charge in [-0.05, 0) is 87.1 Å². The normalized spacial score (nSPS) is 12.9. The van der Waals surface area contributed by atoms with Crippen molar-refractivity contribution in [3.8, 4) is 11.5 Å². The molecule has 0 saturated heterocycles. The van der Waals surface area contributed by atoms with E-state index < -0.39 is 12.1 Å². The zero-order valence-electron chi connectivity index (χ0n) is 32.4. The van der Waals surface area contributed by atoms with Gasteiger partial charge in [0.25, 0.3) is 0 Å². The van der Waals surface area contributed by atoms with Crippen LogP contribution in [0.4, 0.5) is 0 Å². The number of rotatable bonds is 8. The van der Waals surface area contributed by atoms with Crippen molar-refractivity contribution >= 4 is 5.97 Å². The van der Waals surface area contributed by atoms with Gasteiger partial charge in [0.2, 0.25) is 0 Å². The number of aryl methyl sites for hydroxylation is 2. The molecule has 0 bridgehead atoms. The third-order valence-electron chi connectivity index (χ3n) is 7.84. The van der Waals surface area contributed by atoms with E-state index in [2.05, 4.69) is 102 Å². The molecule has 0 amide bonds. The number of aromatic hydroxyl groups is 2. The molecule has 2 aromatic rings. The summed E-state index contributed by atoms with van der Waals surface area (Å²) in [6, 6.07) is 8.03. The van der Waals surface area contributed by atoms with Crippen LogP contribution in [0.1, 0.15) is 150 Å². The molecule has 0 saturated carbocycles. The first-order valence-corrected chi connectivity index (χ1v) is 16.9. The van der Waals surface area contributed by atoms with Crippen molar-refractivity contribution in [2.75, 3.05) is 6.61 Å². The maximum Gasteiger partial charge on any atom is 0.303 e. The number of aliphatic carboxylic acids is 1. The van der Waals surface area contributed by atoms with Gasteiger partial charge >= 0.3 is 5.97 Å². The summed E-state index contributed by atoms with van der Waals surface area (Å²) >= 11 is 0. The van der Waals surface area contributed by atoms with Crippen LogP contribution in [-0.2, 0) is 39.3 Å². The lowest BCUT2D eigenvalue weighted by Crippen LogP contribution is -2.18. The molecule has 268 valence electrons. The van der Waals surface area contributed by atoms with Crippen LogP contribution in [-0.4, -0.2) is 44.2 Å². The van der Waals surface area contributed by atoms with Crippen molar-refractivity contribution in [1.29, 1.82) is 0 Å². The minimum absolute atomic E-state index is 0.109. The fraction of sp³-hybridized carbons (Fsp3) is 0.634. The van der Waals surface area contributed by atoms with Crippen molar-refractivity contribution in [3.05, 3.63) is 69.8 Å². The molecule has 6 heteroatoms. The lowest BCUT2D eigenvalue weighted by molar-refractivity contribution is -0.136. The predicted molar refractivity (Wildman–Crippen MR) is 198 cm³/mol. The van der Waals surface area contributed by atoms with Crippen LogP contribution in [0.15, 0.2) is 36.4 Å². The number of phenols is 2. The highest BCUT2D eigenvalue weighted by atomic mass is 16.4. The summed E-state index contributed by atoms with van der Waals surface area (Å²) in [6.07, 6.45) is 1.57. The molecule has 2 aromatic carbocycles. The Hall–Kier alpha value is -2.83. The van der Waals surface area contributed by atoms with E-state index in [1.54, 1.807) is 0 Å². The highest BCUT2D eigenvalue weighted by Crippen LogP contribution is 2.41. The summed E-state index contributed by atoms with van der Waals surface area (Å²) in [5, 5.41) is 48.2. The van der Waals surface area contributed by atoms with Gasteiger partial charge in [-0.2, -0.15) is 0 Å². The first-order chi connectivity index (χ1) is 21.0. The van der Waals surface area contributed by atoms with Gasteiger partial charge in [0.1, 0.15) is 11.5 Å². The van der Waals surface area contributed by atoms with Gasteiger partial charge in [-0.1, -0.05) is 133 Å². The minimum atomic E-state index is -0.798. The quantitative estimate of drug-likeness (QED) is 0.181. The molecule has 0 aromatic heterocycles. The summed E-state index contributed by atoms with van der Waals surface area (Å²) in [6.45, 7) is 34.9. The SMILES string of the molecule is C=C(C)C(O)CCc1cc(C(C)(C)C)c(O)c(C(C)(C)C)c1.CC(C)(C)c1cc(CCC(=O)O)cc(C(C)(C)C)c1O.CC(C)CO. The Morgan fingerprint density at radius 1 is 0.681 bits per heavy atom. The molecule has 0 aliphatic rings. The van der Waals surface area contributed by atoms with Crippen molar-refractivity contribution in [2.45, 2.75) is 157 Å². The summed E-state index contributed by atoms with van der Waals surface area (Å²) in [5.41, 5.74) is 6.04. The van der Waals surface area contributed by atoms with E-state index in [0.717, 1.165) is 45.4 Å². The first-order valence-electron chi connectivity index (χ1n) is 16.9. The molecule has 0 spiro atoms. The maximum atomic E-state index is 10.8. The lowest BCUT2D eigenvalue weighted by atomic mass is 9.78. The first kappa shape index (κ1) is 44.2. The molecule has 2 rings (SSSR count). The molecule has 0 heterocycles. The Morgan fingerprint density at radius 3 is 1.17 bits per heavy atom. The van der Waals surface area contributed by atoms with Crippen LogP contribution >= 0.6 is 0 Å². The summed E-state index contributed by atoms with van der Waals surface area (Å²) in [5.74, 6) is 0.385. The molecule has 0 radical (unpaired) electrons. The van der Waals surface area contributed by atoms with Crippen LogP contribution in [0.5, 0.6) is 11.5 Å². The molecule has 0 aliphatic carbocycles. The summed E-state index contributed by atoms with van der Waals surface area (Å²) in [4.78, 5) is 10.8. The Balaban J connectivity index is 0.000000789. The van der Waals surface area contributed by atoms with Crippen LogP contribution in [0.2, 0.25) is 0 Å². The van der Waals surface area contributed by atoms with E-state index in [4.69, 9.17) is 10.2 Å². The fourth-order valence-electron chi connectivity index (χ4n) is 4.77. The number of aliphatic hydroxyl groups is 2. The number of carbonyl (C=O) groups is 1. The smallest absolute Gasteiger partial charge is 0.303 e. The third kappa shape index (κ3) is 15.3. The van der Waals surface area contributed by atoms with Gasteiger partial charge in [-0.3, -0.25) is 4.79 Å². The lowest BCUT2D eigenvalue weighted by Gasteiger charge is -2.28. The predicted octanol–water partition coefficient (Wildman–Crippen LogP) is 9.50. The Morgan fingerprint density at radius 2 is 0.957 bits per heavy atom. The van der Waals surface area contributed by atoms with Crippen molar-refractivity contribution in [2.24, 2.45) is 5.92 Å². The number of benzene rings is 2. The topological polar surface area (TPSA) is 118 Å². The molecule has 1 atom stereocenters. The van der Waals surface area contributed by atoms with E-state index in [-0.39, 0.29) is 28.1 Å². The second-order valence-corrected chi connectivity index (χ2v) is 17.5. The average molecular weight is 657 g/mol. The number of hydrogen-bond acceptors (Lipinski definition) is 5. The monoisotopic (exact) mass is 657 g/mol. The number of carboxylic acid groups (broad SMARTS) is 1. The van der Waals surface area contributed by atoms with Gasteiger partial charge in [0, 0.05) is 13.0 Å². The average Bonchev–Trinajstić information content (AvgIpc) is 2.89. The Labute approximate surface area is 287 Å². The van der Waals surface area contributed by atoms with E-state index in [0.29, 0.717) is 36.9 Å². The van der Waals surface area contributed by atoms with Gasteiger partial charge in [0.05, 0.1) is 6.10 Å². The van der Waals surface area contributed by atoms with E-state index in [1.807, 2.05) is 32.9 Å². The van der Waals surface area contributed by atoms with E-state index >= 15 is 0 Å². The van der Waals surface area contributed by atoms with Crippen LogP contribution in [0.3, 0.4) is 0 Å². The number of hydrogen-bond donors (Lipinski definition) is 5. The zero-order chi connectivity index (χ0) is 37.3.